The van der Waals surface area contributed by atoms with E-state index in [9.17, 15) is 0 Å². The van der Waals surface area contributed by atoms with Crippen LogP contribution >= 0.6 is 0 Å². The molecule has 2 aromatic carbocycles. The van der Waals surface area contributed by atoms with Crippen LogP contribution in [0.2, 0.25) is 0 Å². The first-order chi connectivity index (χ1) is 14.2. The van der Waals surface area contributed by atoms with Crippen LogP contribution in [0.5, 0.6) is 17.2 Å². The summed E-state index contributed by atoms with van der Waals surface area (Å²) < 4.78 is 16.0. The number of aromatic nitrogens is 3. The standard InChI is InChI=1S/C21H25N5O3/c1-27-17-7-5-4-6-16(17)13-23-21-25-20(14-24-26-21)22-11-10-15-8-9-18(28-2)19(12-15)29-3/h4-9,12,14H,10-11,13H2,1-3H3,(H2,22,23,25,26). The van der Waals surface area contributed by atoms with E-state index in [0.717, 1.165) is 34.8 Å². The van der Waals surface area contributed by atoms with Crippen molar-refractivity contribution >= 4 is 11.8 Å². The van der Waals surface area contributed by atoms with Crippen molar-refractivity contribution in [3.63, 3.8) is 0 Å². The minimum atomic E-state index is 0.451. The molecule has 0 atom stereocenters. The van der Waals surface area contributed by atoms with Gasteiger partial charge in [-0.05, 0) is 30.2 Å². The molecule has 1 heterocycles. The lowest BCUT2D eigenvalue weighted by atomic mass is 10.1. The number of hydrogen-bond donors (Lipinski definition) is 2. The van der Waals surface area contributed by atoms with E-state index in [-0.39, 0.29) is 0 Å². The first kappa shape index (κ1) is 20.2. The lowest BCUT2D eigenvalue weighted by Gasteiger charge is -2.11. The highest BCUT2D eigenvalue weighted by Crippen LogP contribution is 2.27. The smallest absolute Gasteiger partial charge is 0.244 e. The number of benzene rings is 2. The zero-order chi connectivity index (χ0) is 20.5. The SMILES string of the molecule is COc1ccccc1CNc1nncc(NCCc2ccc(OC)c(OC)c2)n1. The van der Waals surface area contributed by atoms with E-state index in [4.69, 9.17) is 14.2 Å². The molecule has 29 heavy (non-hydrogen) atoms. The zero-order valence-electron chi connectivity index (χ0n) is 16.8. The van der Waals surface area contributed by atoms with Gasteiger partial charge in [-0.25, -0.2) is 0 Å². The number of para-hydroxylation sites is 1. The Morgan fingerprint density at radius 2 is 1.66 bits per heavy atom. The predicted molar refractivity (Wildman–Crippen MR) is 112 cm³/mol. The molecule has 8 nitrogen and oxygen atoms in total. The van der Waals surface area contributed by atoms with Gasteiger partial charge in [0, 0.05) is 18.7 Å². The van der Waals surface area contributed by atoms with E-state index in [0.29, 0.717) is 24.9 Å². The highest BCUT2D eigenvalue weighted by molar-refractivity contribution is 5.44. The molecule has 1 aromatic heterocycles. The van der Waals surface area contributed by atoms with Gasteiger partial charge in [-0.2, -0.15) is 10.1 Å². The van der Waals surface area contributed by atoms with Gasteiger partial charge in [0.15, 0.2) is 17.3 Å². The molecule has 0 bridgehead atoms. The number of nitrogens with zero attached hydrogens (tertiary/aromatic N) is 3. The van der Waals surface area contributed by atoms with Crippen LogP contribution in [-0.4, -0.2) is 43.1 Å². The molecule has 0 unspecified atom stereocenters. The highest BCUT2D eigenvalue weighted by Gasteiger charge is 2.06. The molecular formula is C21H25N5O3. The van der Waals surface area contributed by atoms with Crippen molar-refractivity contribution in [2.45, 2.75) is 13.0 Å². The highest BCUT2D eigenvalue weighted by atomic mass is 16.5. The molecule has 8 heteroatoms. The minimum Gasteiger partial charge on any atom is -0.496 e. The third-order valence-electron chi connectivity index (χ3n) is 4.36. The van der Waals surface area contributed by atoms with Gasteiger partial charge in [0.1, 0.15) is 5.75 Å². The van der Waals surface area contributed by atoms with Crippen molar-refractivity contribution in [3.05, 3.63) is 59.8 Å². The second kappa shape index (κ2) is 10.1. The van der Waals surface area contributed by atoms with E-state index < -0.39 is 0 Å². The summed E-state index contributed by atoms with van der Waals surface area (Å²) in [5.74, 6) is 3.36. The lowest BCUT2D eigenvalue weighted by molar-refractivity contribution is 0.354. The van der Waals surface area contributed by atoms with Gasteiger partial charge in [-0.3, -0.25) is 0 Å². The van der Waals surface area contributed by atoms with Gasteiger partial charge in [0.25, 0.3) is 0 Å². The van der Waals surface area contributed by atoms with Crippen molar-refractivity contribution < 1.29 is 14.2 Å². The van der Waals surface area contributed by atoms with Gasteiger partial charge >= 0.3 is 0 Å². The molecule has 152 valence electrons. The van der Waals surface area contributed by atoms with Crippen LogP contribution in [0.1, 0.15) is 11.1 Å². The second-order valence-corrected chi connectivity index (χ2v) is 6.20. The van der Waals surface area contributed by atoms with Crippen molar-refractivity contribution in [3.8, 4) is 17.2 Å². The Morgan fingerprint density at radius 3 is 2.45 bits per heavy atom. The average Bonchev–Trinajstić information content (AvgIpc) is 2.78. The number of methoxy groups -OCH3 is 3. The largest absolute Gasteiger partial charge is 0.496 e. The molecule has 0 spiro atoms. The van der Waals surface area contributed by atoms with E-state index >= 15 is 0 Å². The molecule has 0 radical (unpaired) electrons. The van der Waals surface area contributed by atoms with Crippen molar-refractivity contribution in [1.82, 2.24) is 15.2 Å². The fraction of sp³-hybridized carbons (Fsp3) is 0.286. The Hall–Kier alpha value is -3.55. The minimum absolute atomic E-state index is 0.451. The molecule has 0 saturated carbocycles. The molecule has 0 saturated heterocycles. The number of ether oxygens (including phenoxy) is 3. The van der Waals surface area contributed by atoms with Crippen LogP contribution in [0, 0.1) is 0 Å². The van der Waals surface area contributed by atoms with Crippen LogP contribution < -0.4 is 24.8 Å². The summed E-state index contributed by atoms with van der Waals surface area (Å²) in [5, 5.41) is 14.5. The van der Waals surface area contributed by atoms with E-state index in [1.165, 1.54) is 0 Å². The monoisotopic (exact) mass is 395 g/mol. The Bertz CT molecular complexity index is 936. The first-order valence-electron chi connectivity index (χ1n) is 9.23. The van der Waals surface area contributed by atoms with Crippen LogP contribution in [-0.2, 0) is 13.0 Å². The Balaban J connectivity index is 1.55. The van der Waals surface area contributed by atoms with Gasteiger partial charge in [-0.15, -0.1) is 5.10 Å². The first-order valence-corrected chi connectivity index (χ1v) is 9.23. The van der Waals surface area contributed by atoms with Crippen molar-refractivity contribution in [2.75, 3.05) is 38.5 Å². The molecule has 3 rings (SSSR count). The Kier molecular flexibility index (Phi) is 7.05. The molecule has 0 amide bonds. The van der Waals surface area contributed by atoms with Crippen LogP contribution in [0.25, 0.3) is 0 Å². The summed E-state index contributed by atoms with van der Waals surface area (Å²) >= 11 is 0. The molecule has 0 aliphatic rings. The summed E-state index contributed by atoms with van der Waals surface area (Å²) in [4.78, 5) is 4.45. The quantitative estimate of drug-likeness (QED) is 0.541. The maximum Gasteiger partial charge on any atom is 0.244 e. The van der Waals surface area contributed by atoms with Gasteiger partial charge < -0.3 is 24.8 Å². The van der Waals surface area contributed by atoms with E-state index in [1.54, 1.807) is 27.5 Å². The third kappa shape index (κ3) is 5.47. The summed E-state index contributed by atoms with van der Waals surface area (Å²) in [6.07, 6.45) is 2.40. The molecule has 3 aromatic rings. The summed E-state index contributed by atoms with van der Waals surface area (Å²) in [6, 6.07) is 13.7. The molecule has 0 aliphatic carbocycles. The van der Waals surface area contributed by atoms with Crippen molar-refractivity contribution in [1.29, 1.82) is 0 Å². The molecule has 2 N–H and O–H groups in total. The molecule has 0 aliphatic heterocycles. The van der Waals surface area contributed by atoms with Crippen LogP contribution in [0.4, 0.5) is 11.8 Å². The van der Waals surface area contributed by atoms with E-state index in [1.807, 2.05) is 42.5 Å². The summed E-state index contributed by atoms with van der Waals surface area (Å²) in [5.41, 5.74) is 2.15. The number of nitrogens with one attached hydrogen (secondary N) is 2. The third-order valence-corrected chi connectivity index (χ3v) is 4.36. The van der Waals surface area contributed by atoms with Gasteiger partial charge in [0.2, 0.25) is 5.95 Å². The second-order valence-electron chi connectivity index (χ2n) is 6.20. The van der Waals surface area contributed by atoms with Crippen LogP contribution in [0.3, 0.4) is 0 Å². The summed E-state index contributed by atoms with van der Waals surface area (Å²) in [6.45, 7) is 1.24. The molecular weight excluding hydrogens is 370 g/mol. The van der Waals surface area contributed by atoms with Gasteiger partial charge in [0.05, 0.1) is 27.5 Å². The number of rotatable bonds is 10. The summed E-state index contributed by atoms with van der Waals surface area (Å²) in [7, 11) is 4.91. The Morgan fingerprint density at radius 1 is 0.862 bits per heavy atom. The maximum absolute atomic E-state index is 5.36. The molecule has 0 fully saturated rings. The average molecular weight is 395 g/mol. The van der Waals surface area contributed by atoms with E-state index in [2.05, 4.69) is 25.8 Å². The number of hydrogen-bond acceptors (Lipinski definition) is 8. The fourth-order valence-corrected chi connectivity index (χ4v) is 2.86. The van der Waals surface area contributed by atoms with Crippen LogP contribution in [0.15, 0.2) is 48.7 Å². The number of anilines is 2. The maximum atomic E-state index is 5.36. The van der Waals surface area contributed by atoms with Crippen molar-refractivity contribution in [2.24, 2.45) is 0 Å². The fourth-order valence-electron chi connectivity index (χ4n) is 2.86. The normalized spacial score (nSPS) is 10.3. The zero-order valence-corrected chi connectivity index (χ0v) is 16.8. The Labute approximate surface area is 170 Å². The topological polar surface area (TPSA) is 90.4 Å². The predicted octanol–water partition coefficient (Wildman–Crippen LogP) is 3.16. The lowest BCUT2D eigenvalue weighted by Crippen LogP contribution is -2.10. The van der Waals surface area contributed by atoms with Gasteiger partial charge in [-0.1, -0.05) is 24.3 Å².